The zero-order valence-corrected chi connectivity index (χ0v) is 10.8. The van der Waals surface area contributed by atoms with Crippen molar-refractivity contribution in [1.29, 1.82) is 0 Å². The molecule has 106 valence electrons. The number of nitrogens with one attached hydrogen (secondary N) is 1. The summed E-state index contributed by atoms with van der Waals surface area (Å²) in [4.78, 5) is 6.66. The van der Waals surface area contributed by atoms with Crippen LogP contribution in [0.1, 0.15) is 11.3 Å². The standard InChI is InChI=1S/C12H8ClF4N3/c1-6-2-3-8(7(14)4-6)18-10-5-9(12(15,16)17)19-11(13)20-10/h2-5H,1H3,(H,18,19,20). The largest absolute Gasteiger partial charge is 0.433 e. The van der Waals surface area contributed by atoms with E-state index in [0.29, 0.717) is 11.6 Å². The first-order valence-corrected chi connectivity index (χ1v) is 5.78. The highest BCUT2D eigenvalue weighted by molar-refractivity contribution is 6.28. The fourth-order valence-electron chi connectivity index (χ4n) is 1.49. The molecule has 0 bridgehead atoms. The number of hydrogen-bond donors (Lipinski definition) is 1. The average molecular weight is 306 g/mol. The van der Waals surface area contributed by atoms with Crippen molar-refractivity contribution < 1.29 is 17.6 Å². The van der Waals surface area contributed by atoms with Gasteiger partial charge in [-0.25, -0.2) is 14.4 Å². The molecule has 1 N–H and O–H groups in total. The van der Waals surface area contributed by atoms with Crippen LogP contribution in [-0.4, -0.2) is 9.97 Å². The number of nitrogens with zero attached hydrogens (tertiary/aromatic N) is 2. The van der Waals surface area contributed by atoms with E-state index in [1.165, 1.54) is 12.1 Å². The molecule has 0 amide bonds. The van der Waals surface area contributed by atoms with Crippen molar-refractivity contribution in [3.05, 3.63) is 46.6 Å². The lowest BCUT2D eigenvalue weighted by atomic mass is 10.2. The lowest BCUT2D eigenvalue weighted by Gasteiger charge is -2.10. The Morgan fingerprint density at radius 1 is 1.15 bits per heavy atom. The van der Waals surface area contributed by atoms with Crippen molar-refractivity contribution in [2.75, 3.05) is 5.32 Å². The Bertz CT molecular complexity index is 643. The highest BCUT2D eigenvalue weighted by atomic mass is 35.5. The third kappa shape index (κ3) is 3.36. The molecular weight excluding hydrogens is 298 g/mol. The predicted molar refractivity (Wildman–Crippen MR) is 66.5 cm³/mol. The van der Waals surface area contributed by atoms with Crippen molar-refractivity contribution in [1.82, 2.24) is 9.97 Å². The van der Waals surface area contributed by atoms with Gasteiger partial charge in [-0.1, -0.05) is 6.07 Å². The fraction of sp³-hybridized carbons (Fsp3) is 0.167. The summed E-state index contributed by atoms with van der Waals surface area (Å²) < 4.78 is 51.3. The molecule has 0 aliphatic rings. The Hall–Kier alpha value is -1.89. The van der Waals surface area contributed by atoms with Crippen LogP contribution in [0.5, 0.6) is 0 Å². The second-order valence-corrected chi connectivity index (χ2v) is 4.35. The highest BCUT2D eigenvalue weighted by Crippen LogP contribution is 2.30. The Balaban J connectivity index is 2.36. The fourth-order valence-corrected chi connectivity index (χ4v) is 1.67. The van der Waals surface area contributed by atoms with Crippen LogP contribution in [0.4, 0.5) is 29.1 Å². The Morgan fingerprint density at radius 2 is 1.85 bits per heavy atom. The molecule has 1 aromatic carbocycles. The van der Waals surface area contributed by atoms with E-state index in [0.717, 1.165) is 0 Å². The van der Waals surface area contributed by atoms with Gasteiger partial charge in [0.1, 0.15) is 11.6 Å². The lowest BCUT2D eigenvalue weighted by molar-refractivity contribution is -0.141. The molecule has 0 saturated carbocycles. The van der Waals surface area contributed by atoms with E-state index in [1.807, 2.05) is 0 Å². The Morgan fingerprint density at radius 3 is 2.45 bits per heavy atom. The van der Waals surface area contributed by atoms with Gasteiger partial charge in [0.25, 0.3) is 0 Å². The third-order valence-corrected chi connectivity index (χ3v) is 2.55. The van der Waals surface area contributed by atoms with Gasteiger partial charge in [-0.2, -0.15) is 13.2 Å². The smallest absolute Gasteiger partial charge is 0.338 e. The number of alkyl halides is 3. The van der Waals surface area contributed by atoms with Gasteiger partial charge in [0.2, 0.25) is 5.28 Å². The minimum Gasteiger partial charge on any atom is -0.338 e. The monoisotopic (exact) mass is 305 g/mol. The molecule has 0 aliphatic carbocycles. The van der Waals surface area contributed by atoms with E-state index in [2.05, 4.69) is 15.3 Å². The predicted octanol–water partition coefficient (Wildman–Crippen LogP) is 4.34. The van der Waals surface area contributed by atoms with E-state index in [-0.39, 0.29) is 11.5 Å². The summed E-state index contributed by atoms with van der Waals surface area (Å²) in [6.45, 7) is 1.69. The van der Waals surface area contributed by atoms with Crippen LogP contribution < -0.4 is 5.32 Å². The van der Waals surface area contributed by atoms with Gasteiger partial charge in [0.05, 0.1) is 5.69 Å². The molecule has 0 aliphatic heterocycles. The molecule has 1 heterocycles. The molecular formula is C12H8ClF4N3. The van der Waals surface area contributed by atoms with Crippen LogP contribution in [-0.2, 0) is 6.18 Å². The molecule has 0 spiro atoms. The summed E-state index contributed by atoms with van der Waals surface area (Å²) in [6, 6.07) is 4.91. The van der Waals surface area contributed by atoms with Crippen molar-refractivity contribution in [3.8, 4) is 0 Å². The van der Waals surface area contributed by atoms with Crippen LogP contribution in [0.25, 0.3) is 0 Å². The van der Waals surface area contributed by atoms with E-state index in [4.69, 9.17) is 11.6 Å². The van der Waals surface area contributed by atoms with Crippen LogP contribution in [0.15, 0.2) is 24.3 Å². The van der Waals surface area contributed by atoms with Crippen molar-refractivity contribution in [2.45, 2.75) is 13.1 Å². The number of aromatic nitrogens is 2. The molecule has 0 saturated heterocycles. The van der Waals surface area contributed by atoms with Gasteiger partial charge in [-0.05, 0) is 36.2 Å². The van der Waals surface area contributed by atoms with Crippen LogP contribution >= 0.6 is 11.6 Å². The van der Waals surface area contributed by atoms with Gasteiger partial charge in [-0.15, -0.1) is 0 Å². The summed E-state index contributed by atoms with van der Waals surface area (Å²) in [5.41, 5.74) is -0.518. The zero-order valence-electron chi connectivity index (χ0n) is 10.1. The minimum atomic E-state index is -4.66. The summed E-state index contributed by atoms with van der Waals surface area (Å²) in [7, 11) is 0. The molecule has 2 rings (SSSR count). The van der Waals surface area contributed by atoms with Crippen molar-refractivity contribution >= 4 is 23.1 Å². The number of rotatable bonds is 2. The van der Waals surface area contributed by atoms with Crippen LogP contribution in [0.3, 0.4) is 0 Å². The normalized spacial score (nSPS) is 11.5. The number of anilines is 2. The first kappa shape index (κ1) is 14.5. The molecule has 8 heteroatoms. The highest BCUT2D eigenvalue weighted by Gasteiger charge is 2.33. The molecule has 0 unspecified atom stereocenters. The summed E-state index contributed by atoms with van der Waals surface area (Å²) in [5, 5.41) is 1.87. The number of halogens is 5. The van der Waals surface area contributed by atoms with E-state index in [1.54, 1.807) is 13.0 Å². The SMILES string of the molecule is Cc1ccc(Nc2cc(C(F)(F)F)nc(Cl)n2)c(F)c1. The molecule has 3 nitrogen and oxygen atoms in total. The summed E-state index contributed by atoms with van der Waals surface area (Å²) in [5.74, 6) is -0.839. The quantitative estimate of drug-likeness (QED) is 0.662. The lowest BCUT2D eigenvalue weighted by Crippen LogP contribution is -2.10. The van der Waals surface area contributed by atoms with Gasteiger partial charge < -0.3 is 5.32 Å². The van der Waals surface area contributed by atoms with E-state index in [9.17, 15) is 17.6 Å². The number of hydrogen-bond acceptors (Lipinski definition) is 3. The third-order valence-electron chi connectivity index (χ3n) is 2.38. The molecule has 0 radical (unpaired) electrons. The van der Waals surface area contributed by atoms with E-state index >= 15 is 0 Å². The molecule has 20 heavy (non-hydrogen) atoms. The topological polar surface area (TPSA) is 37.8 Å². The second kappa shape index (κ2) is 5.24. The van der Waals surface area contributed by atoms with Gasteiger partial charge >= 0.3 is 6.18 Å². The van der Waals surface area contributed by atoms with Gasteiger partial charge in [-0.3, -0.25) is 0 Å². The zero-order chi connectivity index (χ0) is 14.9. The Labute approximate surface area is 116 Å². The first-order chi connectivity index (χ1) is 9.25. The van der Waals surface area contributed by atoms with Crippen molar-refractivity contribution in [3.63, 3.8) is 0 Å². The van der Waals surface area contributed by atoms with Gasteiger partial charge in [0.15, 0.2) is 5.69 Å². The second-order valence-electron chi connectivity index (χ2n) is 4.01. The minimum absolute atomic E-state index is 0.00140. The number of aryl methyl sites for hydroxylation is 1. The Kier molecular flexibility index (Phi) is 3.80. The summed E-state index contributed by atoms with van der Waals surface area (Å²) >= 11 is 5.43. The molecule has 1 aromatic heterocycles. The average Bonchev–Trinajstić information content (AvgIpc) is 2.31. The first-order valence-electron chi connectivity index (χ1n) is 5.40. The van der Waals surface area contributed by atoms with Crippen molar-refractivity contribution in [2.24, 2.45) is 0 Å². The van der Waals surface area contributed by atoms with Crippen LogP contribution in [0, 0.1) is 12.7 Å². The maximum Gasteiger partial charge on any atom is 0.433 e. The molecule has 2 aromatic rings. The van der Waals surface area contributed by atoms with Crippen LogP contribution in [0.2, 0.25) is 5.28 Å². The molecule has 0 fully saturated rings. The maximum absolute atomic E-state index is 13.6. The number of benzene rings is 1. The summed E-state index contributed by atoms with van der Waals surface area (Å²) in [6.07, 6.45) is -4.66. The van der Waals surface area contributed by atoms with Gasteiger partial charge in [0, 0.05) is 6.07 Å². The van der Waals surface area contributed by atoms with E-state index < -0.39 is 23.0 Å². The maximum atomic E-state index is 13.6. The molecule has 0 atom stereocenters.